The predicted molar refractivity (Wildman–Crippen MR) is 114 cm³/mol. The molecule has 1 fully saturated rings. The van der Waals surface area contributed by atoms with Crippen LogP contribution in [0.4, 0.5) is 5.82 Å². The number of rotatable bonds is 4. The summed E-state index contributed by atoms with van der Waals surface area (Å²) in [5, 5.41) is 13.2. The van der Waals surface area contributed by atoms with Crippen LogP contribution in [0.3, 0.4) is 0 Å². The summed E-state index contributed by atoms with van der Waals surface area (Å²) in [6.07, 6.45) is 5.46. The predicted octanol–water partition coefficient (Wildman–Crippen LogP) is 2.91. The highest BCUT2D eigenvalue weighted by atomic mass is 16.6. The third-order valence-corrected chi connectivity index (χ3v) is 5.90. The van der Waals surface area contributed by atoms with Crippen molar-refractivity contribution in [1.82, 2.24) is 9.97 Å². The Morgan fingerprint density at radius 2 is 1.97 bits per heavy atom. The lowest BCUT2D eigenvalue weighted by Gasteiger charge is -2.35. The van der Waals surface area contributed by atoms with E-state index in [9.17, 15) is 0 Å². The summed E-state index contributed by atoms with van der Waals surface area (Å²) in [7, 11) is 0. The standard InChI is InChI=1S/C22H26N6O2/c1-22(2)18-19(26-12-27-21(18)25)16-8-7-15(30-14-5-3-13(24)4-6-14)11-17(16)20(22)28-29-10-9-23/h7-8,11-14H,3-6,10,24H2,1-2H3,(H2,25,26,27)/b28-20+/t13-,14-. The second-order valence-electron chi connectivity index (χ2n) is 8.34. The van der Waals surface area contributed by atoms with Crippen molar-refractivity contribution >= 4 is 11.5 Å². The number of oxime groups is 1. The van der Waals surface area contributed by atoms with Crippen LogP contribution < -0.4 is 16.2 Å². The number of anilines is 1. The average Bonchev–Trinajstić information content (AvgIpc) is 2.72. The molecule has 1 aromatic carbocycles. The number of aromatic nitrogens is 2. The van der Waals surface area contributed by atoms with Gasteiger partial charge < -0.3 is 21.0 Å². The van der Waals surface area contributed by atoms with E-state index in [0.717, 1.165) is 53.8 Å². The van der Waals surface area contributed by atoms with Gasteiger partial charge in [-0.2, -0.15) is 5.26 Å². The maximum Gasteiger partial charge on any atom is 0.202 e. The topological polar surface area (TPSA) is 132 Å². The molecule has 2 aliphatic rings. The quantitative estimate of drug-likeness (QED) is 0.589. The van der Waals surface area contributed by atoms with Crippen LogP contribution in [0.25, 0.3) is 11.3 Å². The number of nitrogens with zero attached hydrogens (tertiary/aromatic N) is 4. The van der Waals surface area contributed by atoms with Gasteiger partial charge in [-0.15, -0.1) is 0 Å². The summed E-state index contributed by atoms with van der Waals surface area (Å²) in [6, 6.07) is 8.11. The van der Waals surface area contributed by atoms with Gasteiger partial charge in [0.1, 0.15) is 24.0 Å². The third-order valence-electron chi connectivity index (χ3n) is 5.90. The van der Waals surface area contributed by atoms with Crippen molar-refractivity contribution in [2.45, 2.75) is 57.1 Å². The second kappa shape index (κ2) is 7.92. The minimum Gasteiger partial charge on any atom is -0.490 e. The molecule has 1 saturated carbocycles. The fraction of sp³-hybridized carbons (Fsp3) is 0.455. The monoisotopic (exact) mass is 406 g/mol. The van der Waals surface area contributed by atoms with E-state index in [0.29, 0.717) is 11.5 Å². The minimum absolute atomic E-state index is 0.138. The van der Waals surface area contributed by atoms with Gasteiger partial charge in [0, 0.05) is 28.1 Å². The number of hydrogen-bond acceptors (Lipinski definition) is 8. The fourth-order valence-electron chi connectivity index (χ4n) is 4.36. The van der Waals surface area contributed by atoms with Crippen LogP contribution in [-0.2, 0) is 10.3 Å². The Hall–Kier alpha value is -3.18. The lowest BCUT2D eigenvalue weighted by atomic mass is 9.70. The number of nitriles is 1. The number of nitrogens with two attached hydrogens (primary N) is 2. The summed E-state index contributed by atoms with van der Waals surface area (Å²) in [4.78, 5) is 13.9. The molecule has 0 bridgehead atoms. The number of fused-ring (bicyclic) bond motifs is 3. The molecule has 8 nitrogen and oxygen atoms in total. The molecule has 156 valence electrons. The lowest BCUT2D eigenvalue weighted by Crippen LogP contribution is -2.36. The summed E-state index contributed by atoms with van der Waals surface area (Å²) in [6.45, 7) is 3.86. The van der Waals surface area contributed by atoms with Gasteiger partial charge in [0.25, 0.3) is 0 Å². The van der Waals surface area contributed by atoms with Crippen LogP contribution in [0, 0.1) is 11.3 Å². The lowest BCUT2D eigenvalue weighted by molar-refractivity contribution is 0.147. The van der Waals surface area contributed by atoms with Gasteiger partial charge in [-0.3, -0.25) is 0 Å². The Balaban J connectivity index is 1.78. The SMILES string of the molecule is CC1(C)/C(=N/OCC#N)c2cc(O[C@H]3CC[C@H](N)CC3)ccc2-c2ncnc(N)c21. The molecule has 0 radical (unpaired) electrons. The maximum absolute atomic E-state index is 8.85. The van der Waals surface area contributed by atoms with Crippen molar-refractivity contribution in [2.24, 2.45) is 10.9 Å². The van der Waals surface area contributed by atoms with Crippen molar-refractivity contribution in [3.05, 3.63) is 35.7 Å². The summed E-state index contributed by atoms with van der Waals surface area (Å²) >= 11 is 0. The molecule has 0 spiro atoms. The largest absolute Gasteiger partial charge is 0.490 e. The fourth-order valence-corrected chi connectivity index (χ4v) is 4.36. The molecule has 8 heteroatoms. The van der Waals surface area contributed by atoms with E-state index in [-0.39, 0.29) is 18.8 Å². The molecule has 30 heavy (non-hydrogen) atoms. The molecule has 4 N–H and O–H groups in total. The number of ether oxygens (including phenoxy) is 1. The van der Waals surface area contributed by atoms with Crippen molar-refractivity contribution < 1.29 is 9.57 Å². The third kappa shape index (κ3) is 3.57. The molecule has 0 aliphatic heterocycles. The van der Waals surface area contributed by atoms with Gasteiger partial charge in [0.05, 0.1) is 17.5 Å². The first-order valence-electron chi connectivity index (χ1n) is 10.2. The van der Waals surface area contributed by atoms with E-state index in [2.05, 4.69) is 15.1 Å². The molecule has 0 unspecified atom stereocenters. The van der Waals surface area contributed by atoms with Gasteiger partial charge in [-0.1, -0.05) is 5.16 Å². The second-order valence-corrected chi connectivity index (χ2v) is 8.34. The van der Waals surface area contributed by atoms with E-state index < -0.39 is 5.41 Å². The Kier molecular flexibility index (Phi) is 5.31. The summed E-state index contributed by atoms with van der Waals surface area (Å²) < 4.78 is 6.26. The van der Waals surface area contributed by atoms with E-state index >= 15 is 0 Å². The van der Waals surface area contributed by atoms with E-state index in [4.69, 9.17) is 26.3 Å². The minimum atomic E-state index is -0.612. The van der Waals surface area contributed by atoms with E-state index in [1.165, 1.54) is 6.33 Å². The molecule has 4 rings (SSSR count). The molecule has 1 aromatic heterocycles. The van der Waals surface area contributed by atoms with Gasteiger partial charge in [-0.25, -0.2) is 9.97 Å². The van der Waals surface area contributed by atoms with Crippen LogP contribution in [0.1, 0.15) is 50.7 Å². The van der Waals surface area contributed by atoms with Crippen LogP contribution in [0.15, 0.2) is 29.7 Å². The van der Waals surface area contributed by atoms with Crippen LogP contribution in [0.2, 0.25) is 0 Å². The molecule has 0 atom stereocenters. The van der Waals surface area contributed by atoms with Gasteiger partial charge >= 0.3 is 0 Å². The van der Waals surface area contributed by atoms with Crippen molar-refractivity contribution in [2.75, 3.05) is 12.3 Å². The highest BCUT2D eigenvalue weighted by molar-refractivity contribution is 6.15. The number of hydrogen-bond donors (Lipinski definition) is 2. The zero-order chi connectivity index (χ0) is 21.3. The Labute approximate surface area is 175 Å². The first-order valence-corrected chi connectivity index (χ1v) is 10.2. The average molecular weight is 406 g/mol. The summed E-state index contributed by atoms with van der Waals surface area (Å²) in [5.74, 6) is 1.17. The molecule has 0 saturated heterocycles. The Morgan fingerprint density at radius 1 is 1.20 bits per heavy atom. The van der Waals surface area contributed by atoms with E-state index in [1.807, 2.05) is 38.1 Å². The van der Waals surface area contributed by atoms with Gasteiger partial charge in [-0.05, 0) is 57.7 Å². The van der Waals surface area contributed by atoms with Crippen LogP contribution >= 0.6 is 0 Å². The first kappa shape index (κ1) is 20.1. The first-order chi connectivity index (χ1) is 14.4. The van der Waals surface area contributed by atoms with Crippen molar-refractivity contribution in [1.29, 1.82) is 5.26 Å². The smallest absolute Gasteiger partial charge is 0.202 e. The normalized spacial score (nSPS) is 23.2. The number of nitrogen functional groups attached to an aromatic ring is 1. The van der Waals surface area contributed by atoms with E-state index in [1.54, 1.807) is 0 Å². The molecule has 2 aromatic rings. The molecule has 1 heterocycles. The Bertz CT molecular complexity index is 1020. The highest BCUT2D eigenvalue weighted by Gasteiger charge is 2.41. The van der Waals surface area contributed by atoms with Gasteiger partial charge in [0.15, 0.2) is 0 Å². The summed E-state index contributed by atoms with van der Waals surface area (Å²) in [5.41, 5.74) is 15.6. The van der Waals surface area contributed by atoms with Crippen LogP contribution in [0.5, 0.6) is 5.75 Å². The van der Waals surface area contributed by atoms with Crippen LogP contribution in [-0.4, -0.2) is 34.4 Å². The molecular weight excluding hydrogens is 380 g/mol. The molecule has 0 amide bonds. The zero-order valence-electron chi connectivity index (χ0n) is 17.3. The van der Waals surface area contributed by atoms with Gasteiger partial charge in [0.2, 0.25) is 6.61 Å². The Morgan fingerprint density at radius 3 is 2.70 bits per heavy atom. The molecule has 2 aliphatic carbocycles. The zero-order valence-corrected chi connectivity index (χ0v) is 17.3. The molecular formula is C22H26N6O2. The van der Waals surface area contributed by atoms with Crippen molar-refractivity contribution in [3.8, 4) is 23.1 Å². The maximum atomic E-state index is 8.85. The van der Waals surface area contributed by atoms with Crippen molar-refractivity contribution in [3.63, 3.8) is 0 Å². The highest BCUT2D eigenvalue weighted by Crippen LogP contribution is 2.45. The number of benzene rings is 1.